The minimum absolute atomic E-state index is 0.0516. The molecule has 0 spiro atoms. The molecular weight excluding hydrogens is 416 g/mol. The molecule has 1 heterocycles. The van der Waals surface area contributed by atoms with E-state index in [1.54, 1.807) is 24.3 Å². The fourth-order valence-corrected chi connectivity index (χ4v) is 4.08. The van der Waals surface area contributed by atoms with E-state index in [-0.39, 0.29) is 24.9 Å². The predicted molar refractivity (Wildman–Crippen MR) is 124 cm³/mol. The lowest BCUT2D eigenvalue weighted by Gasteiger charge is -2.31. The molecule has 2 aromatic carbocycles. The van der Waals surface area contributed by atoms with E-state index in [0.29, 0.717) is 22.5 Å². The summed E-state index contributed by atoms with van der Waals surface area (Å²) in [6.45, 7) is 6.36. The molecule has 1 amide bonds. The summed E-state index contributed by atoms with van der Waals surface area (Å²) in [7, 11) is 0. The van der Waals surface area contributed by atoms with Crippen LogP contribution in [0.2, 0.25) is 5.02 Å². The number of rotatable bonds is 9. The van der Waals surface area contributed by atoms with Crippen molar-refractivity contribution < 1.29 is 4.79 Å². The first kappa shape index (κ1) is 22.8. The van der Waals surface area contributed by atoms with E-state index in [4.69, 9.17) is 11.6 Å². The number of likely N-dealkylation sites (N-methyl/N-ethyl adjacent to an activating group) is 1. The van der Waals surface area contributed by atoms with Crippen LogP contribution < -0.4 is 16.6 Å². The van der Waals surface area contributed by atoms with Crippen LogP contribution in [-0.4, -0.2) is 40.0 Å². The molecule has 0 fully saturated rings. The number of hydrogen-bond donors (Lipinski definition) is 2. The van der Waals surface area contributed by atoms with Crippen molar-refractivity contribution in [3.8, 4) is 0 Å². The average molecular weight is 443 g/mol. The Balaban J connectivity index is 1.72. The number of aromatic amines is 1. The Kier molecular flexibility index (Phi) is 7.65. The lowest BCUT2D eigenvalue weighted by Crippen LogP contribution is -2.39. The molecule has 164 valence electrons. The van der Waals surface area contributed by atoms with E-state index in [2.05, 4.69) is 29.0 Å². The van der Waals surface area contributed by atoms with Gasteiger partial charge in [0.15, 0.2) is 0 Å². The van der Waals surface area contributed by atoms with Gasteiger partial charge in [-0.15, -0.1) is 0 Å². The van der Waals surface area contributed by atoms with E-state index < -0.39 is 11.2 Å². The molecule has 2 N–H and O–H groups in total. The molecule has 0 saturated carbocycles. The molecule has 0 aliphatic rings. The van der Waals surface area contributed by atoms with E-state index in [1.165, 1.54) is 4.57 Å². The Labute approximate surface area is 185 Å². The van der Waals surface area contributed by atoms with Gasteiger partial charge in [0.2, 0.25) is 5.91 Å². The summed E-state index contributed by atoms with van der Waals surface area (Å²) in [6.07, 6.45) is 0.115. The van der Waals surface area contributed by atoms with Gasteiger partial charge in [-0.05, 0) is 36.9 Å². The van der Waals surface area contributed by atoms with E-state index in [1.807, 2.05) is 24.3 Å². The van der Waals surface area contributed by atoms with E-state index in [0.717, 1.165) is 18.7 Å². The Bertz CT molecular complexity index is 1170. The van der Waals surface area contributed by atoms with Crippen molar-refractivity contribution in [2.45, 2.75) is 32.9 Å². The van der Waals surface area contributed by atoms with Gasteiger partial charge in [0.05, 0.1) is 16.9 Å². The summed E-state index contributed by atoms with van der Waals surface area (Å²) >= 11 is 6.41. The van der Waals surface area contributed by atoms with Crippen LogP contribution in [0.1, 0.15) is 31.9 Å². The minimum atomic E-state index is -0.520. The van der Waals surface area contributed by atoms with Crippen LogP contribution >= 0.6 is 11.6 Å². The van der Waals surface area contributed by atoms with Crippen molar-refractivity contribution in [2.24, 2.45) is 0 Å². The fourth-order valence-electron chi connectivity index (χ4n) is 3.82. The van der Waals surface area contributed by atoms with Crippen molar-refractivity contribution in [1.29, 1.82) is 0 Å². The number of fused-ring (bicyclic) bond motifs is 1. The number of nitrogens with zero attached hydrogens (tertiary/aromatic N) is 2. The molecule has 7 nitrogen and oxygen atoms in total. The number of aryl methyl sites for hydroxylation is 1. The first-order chi connectivity index (χ1) is 15.0. The van der Waals surface area contributed by atoms with Gasteiger partial charge in [0, 0.05) is 24.5 Å². The second kappa shape index (κ2) is 10.4. The van der Waals surface area contributed by atoms with Gasteiger partial charge in [-0.25, -0.2) is 4.79 Å². The first-order valence-electron chi connectivity index (χ1n) is 10.4. The van der Waals surface area contributed by atoms with Gasteiger partial charge in [0.25, 0.3) is 5.56 Å². The number of amides is 1. The lowest BCUT2D eigenvalue weighted by atomic mass is 10.0. The second-order valence-electron chi connectivity index (χ2n) is 7.24. The normalized spacial score (nSPS) is 12.3. The van der Waals surface area contributed by atoms with Crippen molar-refractivity contribution >= 4 is 28.4 Å². The topological polar surface area (TPSA) is 87.2 Å². The summed E-state index contributed by atoms with van der Waals surface area (Å²) in [6, 6.07) is 14.5. The number of hydrogen-bond acceptors (Lipinski definition) is 4. The van der Waals surface area contributed by atoms with Crippen LogP contribution in [0.4, 0.5) is 0 Å². The number of halogens is 1. The van der Waals surface area contributed by atoms with Crippen LogP contribution in [0.5, 0.6) is 0 Å². The van der Waals surface area contributed by atoms with Gasteiger partial charge < -0.3 is 5.32 Å². The standard InChI is InChI=1S/C23H27ClN4O3/c1-3-27(4-2)20(16-9-5-7-11-18(16)24)15-25-21(29)13-14-28-19-12-8-6-10-17(19)22(30)26-23(28)31/h5-12,20H,3-4,13-15H2,1-2H3,(H,25,29)(H,26,30,31). The molecule has 3 aromatic rings. The highest BCUT2D eigenvalue weighted by Crippen LogP contribution is 2.27. The fraction of sp³-hybridized carbons (Fsp3) is 0.348. The van der Waals surface area contributed by atoms with Crippen molar-refractivity contribution in [1.82, 2.24) is 19.8 Å². The van der Waals surface area contributed by atoms with Gasteiger partial charge in [-0.1, -0.05) is 55.8 Å². The number of nitrogens with one attached hydrogen (secondary N) is 2. The zero-order chi connectivity index (χ0) is 22.4. The van der Waals surface area contributed by atoms with Gasteiger partial charge >= 0.3 is 5.69 Å². The van der Waals surface area contributed by atoms with E-state index in [9.17, 15) is 14.4 Å². The Morgan fingerprint density at radius 3 is 2.48 bits per heavy atom. The Hall–Kier alpha value is -2.90. The van der Waals surface area contributed by atoms with Gasteiger partial charge in [-0.3, -0.25) is 24.0 Å². The summed E-state index contributed by atoms with van der Waals surface area (Å²) in [4.78, 5) is 41.4. The number of carbonyl (C=O) groups is 1. The van der Waals surface area contributed by atoms with E-state index >= 15 is 0 Å². The van der Waals surface area contributed by atoms with Crippen LogP contribution in [0.15, 0.2) is 58.1 Å². The molecule has 0 bridgehead atoms. The molecule has 3 rings (SSSR count). The molecular formula is C23H27ClN4O3. The predicted octanol–water partition coefficient (Wildman–Crippen LogP) is 2.93. The molecule has 1 aromatic heterocycles. The second-order valence-corrected chi connectivity index (χ2v) is 7.65. The van der Waals surface area contributed by atoms with Crippen LogP contribution in [0, 0.1) is 0 Å². The summed E-state index contributed by atoms with van der Waals surface area (Å²) < 4.78 is 1.42. The molecule has 8 heteroatoms. The van der Waals surface area contributed by atoms with Crippen molar-refractivity contribution in [2.75, 3.05) is 19.6 Å². The Morgan fingerprint density at radius 2 is 1.77 bits per heavy atom. The molecule has 0 aliphatic carbocycles. The van der Waals surface area contributed by atoms with Gasteiger partial charge in [0.1, 0.15) is 0 Å². The largest absolute Gasteiger partial charge is 0.354 e. The molecule has 31 heavy (non-hydrogen) atoms. The number of para-hydroxylation sites is 1. The smallest absolute Gasteiger partial charge is 0.328 e. The maximum Gasteiger partial charge on any atom is 0.328 e. The van der Waals surface area contributed by atoms with Gasteiger partial charge in [-0.2, -0.15) is 0 Å². The summed E-state index contributed by atoms with van der Waals surface area (Å²) in [5, 5.41) is 4.07. The number of H-pyrrole nitrogens is 1. The number of carbonyl (C=O) groups excluding carboxylic acids is 1. The molecule has 0 saturated heterocycles. The van der Waals surface area contributed by atoms with Crippen molar-refractivity contribution in [3.05, 3.63) is 80.0 Å². The highest BCUT2D eigenvalue weighted by molar-refractivity contribution is 6.31. The Morgan fingerprint density at radius 1 is 1.10 bits per heavy atom. The molecule has 0 aliphatic heterocycles. The monoisotopic (exact) mass is 442 g/mol. The zero-order valence-corrected chi connectivity index (χ0v) is 18.5. The highest BCUT2D eigenvalue weighted by Gasteiger charge is 2.21. The van der Waals surface area contributed by atoms with Crippen LogP contribution in [0.25, 0.3) is 10.9 Å². The lowest BCUT2D eigenvalue weighted by molar-refractivity contribution is -0.121. The summed E-state index contributed by atoms with van der Waals surface area (Å²) in [5.74, 6) is -0.175. The van der Waals surface area contributed by atoms with Crippen LogP contribution in [0.3, 0.4) is 0 Å². The quantitative estimate of drug-likeness (QED) is 0.533. The maximum absolute atomic E-state index is 12.6. The third kappa shape index (κ3) is 5.24. The number of benzene rings is 2. The summed E-state index contributed by atoms with van der Waals surface area (Å²) in [5.41, 5.74) is 0.536. The molecule has 1 unspecified atom stereocenters. The van der Waals surface area contributed by atoms with Crippen molar-refractivity contribution in [3.63, 3.8) is 0 Å². The minimum Gasteiger partial charge on any atom is -0.354 e. The SMILES string of the molecule is CCN(CC)C(CNC(=O)CCn1c(=O)[nH]c(=O)c2ccccc21)c1ccccc1Cl. The maximum atomic E-state index is 12.6. The molecule has 0 radical (unpaired) electrons. The zero-order valence-electron chi connectivity index (χ0n) is 17.7. The highest BCUT2D eigenvalue weighted by atomic mass is 35.5. The average Bonchev–Trinajstić information content (AvgIpc) is 2.77. The molecule has 1 atom stereocenters. The van der Waals surface area contributed by atoms with Crippen LogP contribution in [-0.2, 0) is 11.3 Å². The third-order valence-corrected chi connectivity index (χ3v) is 5.82. The third-order valence-electron chi connectivity index (χ3n) is 5.48. The number of aromatic nitrogens is 2. The first-order valence-corrected chi connectivity index (χ1v) is 10.8.